The van der Waals surface area contributed by atoms with Crippen LogP contribution in [0.1, 0.15) is 28.7 Å². The molecule has 2 aromatic heterocycles. The first-order chi connectivity index (χ1) is 9.86. The van der Waals surface area contributed by atoms with Crippen LogP contribution in [-0.2, 0) is 13.5 Å². The van der Waals surface area contributed by atoms with Crippen LogP contribution in [0.25, 0.3) is 0 Å². The number of rotatable bonds is 4. The molecule has 3 N–H and O–H groups in total. The number of nitrogens with one attached hydrogen (secondary N) is 3. The van der Waals surface area contributed by atoms with Crippen LogP contribution in [0.2, 0.25) is 0 Å². The molecule has 0 fully saturated rings. The highest BCUT2D eigenvalue weighted by Gasteiger charge is 2.15. The van der Waals surface area contributed by atoms with E-state index in [1.165, 1.54) is 13.2 Å². The summed E-state index contributed by atoms with van der Waals surface area (Å²) in [6.07, 6.45) is 1.77. The quantitative estimate of drug-likeness (QED) is 0.702. The highest BCUT2D eigenvalue weighted by molar-refractivity contribution is 5.93. The van der Waals surface area contributed by atoms with Crippen molar-refractivity contribution in [1.29, 1.82) is 0 Å². The Morgan fingerprint density at radius 3 is 2.81 bits per heavy atom. The lowest BCUT2D eigenvalue weighted by molar-refractivity contribution is 0.0937. The fraction of sp³-hybridized carbons (Fsp3) is 0.385. The van der Waals surface area contributed by atoms with E-state index in [-0.39, 0.29) is 11.6 Å². The third kappa shape index (κ3) is 3.47. The van der Waals surface area contributed by atoms with Gasteiger partial charge in [-0.1, -0.05) is 0 Å². The third-order valence-corrected chi connectivity index (χ3v) is 3.00. The molecule has 0 bridgehead atoms. The topological polar surface area (TPSA) is 113 Å². The van der Waals surface area contributed by atoms with Crippen molar-refractivity contribution in [2.45, 2.75) is 26.3 Å². The molecule has 0 unspecified atom stereocenters. The van der Waals surface area contributed by atoms with Gasteiger partial charge in [-0.3, -0.25) is 19.7 Å². The van der Waals surface area contributed by atoms with Crippen molar-refractivity contribution >= 4 is 5.91 Å². The van der Waals surface area contributed by atoms with Crippen LogP contribution in [0.5, 0.6) is 0 Å². The SMILES string of the molecule is Cc1cc(C[C@H](C)NC(=O)c2cn(C)c(=O)[nH]c2=O)n[nH]1. The summed E-state index contributed by atoms with van der Waals surface area (Å²) in [4.78, 5) is 37.0. The van der Waals surface area contributed by atoms with Gasteiger partial charge >= 0.3 is 5.69 Å². The predicted octanol–water partition coefficient (Wildman–Crippen LogP) is -0.534. The molecule has 2 aromatic rings. The first kappa shape index (κ1) is 14.8. The van der Waals surface area contributed by atoms with Gasteiger partial charge in [0.1, 0.15) is 5.56 Å². The van der Waals surface area contributed by atoms with Crippen LogP contribution in [0, 0.1) is 6.92 Å². The summed E-state index contributed by atoms with van der Waals surface area (Å²) >= 11 is 0. The van der Waals surface area contributed by atoms with Crippen molar-refractivity contribution in [2.75, 3.05) is 0 Å². The predicted molar refractivity (Wildman–Crippen MR) is 76.3 cm³/mol. The second kappa shape index (κ2) is 5.78. The van der Waals surface area contributed by atoms with E-state index in [9.17, 15) is 14.4 Å². The van der Waals surface area contributed by atoms with Gasteiger partial charge in [-0.25, -0.2) is 4.79 Å². The summed E-state index contributed by atoms with van der Waals surface area (Å²) < 4.78 is 1.15. The lowest BCUT2D eigenvalue weighted by Gasteiger charge is -2.12. The summed E-state index contributed by atoms with van der Waals surface area (Å²) in [6, 6.07) is 1.69. The normalized spacial score (nSPS) is 12.1. The molecule has 0 saturated carbocycles. The largest absolute Gasteiger partial charge is 0.349 e. The third-order valence-electron chi connectivity index (χ3n) is 3.00. The average molecular weight is 291 g/mol. The number of H-pyrrole nitrogens is 2. The highest BCUT2D eigenvalue weighted by Crippen LogP contribution is 2.02. The van der Waals surface area contributed by atoms with Gasteiger partial charge in [0.25, 0.3) is 11.5 Å². The molecule has 0 radical (unpaired) electrons. The maximum Gasteiger partial charge on any atom is 0.328 e. The van der Waals surface area contributed by atoms with Crippen LogP contribution in [-0.4, -0.2) is 31.7 Å². The summed E-state index contributed by atoms with van der Waals surface area (Å²) in [6.45, 7) is 3.71. The lowest BCUT2D eigenvalue weighted by Crippen LogP contribution is -2.40. The molecule has 112 valence electrons. The van der Waals surface area contributed by atoms with E-state index in [2.05, 4.69) is 20.5 Å². The van der Waals surface area contributed by atoms with E-state index in [0.29, 0.717) is 6.42 Å². The molecule has 2 rings (SSSR count). The van der Waals surface area contributed by atoms with Crippen LogP contribution in [0.3, 0.4) is 0 Å². The van der Waals surface area contributed by atoms with E-state index in [1.807, 2.05) is 19.9 Å². The zero-order valence-corrected chi connectivity index (χ0v) is 12.1. The van der Waals surface area contributed by atoms with E-state index in [4.69, 9.17) is 0 Å². The minimum atomic E-state index is -0.696. The molecule has 0 aliphatic heterocycles. The smallest absolute Gasteiger partial charge is 0.328 e. The molecule has 0 aliphatic carbocycles. The van der Waals surface area contributed by atoms with Gasteiger partial charge in [-0.15, -0.1) is 0 Å². The monoisotopic (exact) mass is 291 g/mol. The molecular formula is C13H17N5O3. The Morgan fingerprint density at radius 2 is 2.19 bits per heavy atom. The Kier molecular flexibility index (Phi) is 4.06. The second-order valence-electron chi connectivity index (χ2n) is 5.03. The minimum Gasteiger partial charge on any atom is -0.349 e. The fourth-order valence-corrected chi connectivity index (χ4v) is 1.97. The lowest BCUT2D eigenvalue weighted by atomic mass is 10.1. The first-order valence-electron chi connectivity index (χ1n) is 6.48. The zero-order valence-electron chi connectivity index (χ0n) is 12.1. The molecule has 8 heteroatoms. The zero-order chi connectivity index (χ0) is 15.6. The second-order valence-corrected chi connectivity index (χ2v) is 5.03. The van der Waals surface area contributed by atoms with Crippen molar-refractivity contribution in [3.8, 4) is 0 Å². The van der Waals surface area contributed by atoms with Gasteiger partial charge < -0.3 is 9.88 Å². The van der Waals surface area contributed by atoms with Gasteiger partial charge in [0.15, 0.2) is 0 Å². The molecule has 1 atom stereocenters. The first-order valence-corrected chi connectivity index (χ1v) is 6.48. The van der Waals surface area contributed by atoms with Crippen LogP contribution < -0.4 is 16.6 Å². The Bertz CT molecular complexity index is 771. The molecule has 0 saturated heterocycles. The van der Waals surface area contributed by atoms with Crippen molar-refractivity contribution < 1.29 is 4.79 Å². The van der Waals surface area contributed by atoms with Crippen LogP contribution in [0.4, 0.5) is 0 Å². The molecule has 2 heterocycles. The molecule has 21 heavy (non-hydrogen) atoms. The fourth-order valence-electron chi connectivity index (χ4n) is 1.97. The van der Waals surface area contributed by atoms with E-state index < -0.39 is 17.2 Å². The van der Waals surface area contributed by atoms with Crippen molar-refractivity contribution in [3.63, 3.8) is 0 Å². The Labute approximate surface area is 120 Å². The number of carbonyl (C=O) groups is 1. The summed E-state index contributed by atoms with van der Waals surface area (Å²) in [5, 5.41) is 9.63. The Morgan fingerprint density at radius 1 is 1.48 bits per heavy atom. The Hall–Kier alpha value is -2.64. The Balaban J connectivity index is 2.09. The molecule has 0 spiro atoms. The number of nitrogens with zero attached hydrogens (tertiary/aromatic N) is 2. The van der Waals surface area contributed by atoms with E-state index in [0.717, 1.165) is 16.0 Å². The van der Waals surface area contributed by atoms with E-state index >= 15 is 0 Å². The standard InChI is InChI=1S/C13H17N5O3/c1-7(4-9-5-8(2)16-17-9)14-11(19)10-6-18(3)13(21)15-12(10)20/h5-7H,4H2,1-3H3,(H,14,19)(H,16,17)(H,15,20,21)/t7-/m0/s1. The summed E-state index contributed by atoms with van der Waals surface area (Å²) in [7, 11) is 1.46. The number of aryl methyl sites for hydroxylation is 2. The number of aromatic nitrogens is 4. The van der Waals surface area contributed by atoms with Gasteiger partial charge in [-0.2, -0.15) is 5.10 Å². The highest BCUT2D eigenvalue weighted by atomic mass is 16.2. The maximum atomic E-state index is 12.1. The molecule has 1 amide bonds. The maximum absolute atomic E-state index is 12.1. The average Bonchev–Trinajstić information content (AvgIpc) is 2.78. The molecular weight excluding hydrogens is 274 g/mol. The van der Waals surface area contributed by atoms with E-state index in [1.54, 1.807) is 0 Å². The molecule has 8 nitrogen and oxygen atoms in total. The van der Waals surface area contributed by atoms with Gasteiger partial charge in [-0.05, 0) is 19.9 Å². The van der Waals surface area contributed by atoms with Crippen LogP contribution in [0.15, 0.2) is 21.9 Å². The minimum absolute atomic E-state index is 0.0952. The number of amides is 1. The van der Waals surface area contributed by atoms with Crippen molar-refractivity contribution in [3.05, 3.63) is 50.1 Å². The molecule has 0 aliphatic rings. The van der Waals surface area contributed by atoms with Gasteiger partial charge in [0, 0.05) is 31.4 Å². The van der Waals surface area contributed by atoms with Gasteiger partial charge in [0.2, 0.25) is 0 Å². The van der Waals surface area contributed by atoms with Crippen LogP contribution >= 0.6 is 0 Å². The van der Waals surface area contributed by atoms with Gasteiger partial charge in [0.05, 0.1) is 5.69 Å². The summed E-state index contributed by atoms with van der Waals surface area (Å²) in [5.41, 5.74) is 0.421. The van der Waals surface area contributed by atoms with Crippen molar-refractivity contribution in [1.82, 2.24) is 25.1 Å². The molecule has 0 aromatic carbocycles. The number of aromatic amines is 2. The number of hydrogen-bond donors (Lipinski definition) is 3. The number of carbonyl (C=O) groups excluding carboxylic acids is 1. The van der Waals surface area contributed by atoms with Crippen molar-refractivity contribution in [2.24, 2.45) is 7.05 Å². The number of hydrogen-bond acceptors (Lipinski definition) is 4. The summed E-state index contributed by atoms with van der Waals surface area (Å²) in [5.74, 6) is -0.522.